The standard InChI is InChI=1S/C19H23FN6O3S/c1-30(21,28)9-19-6-11(7-19)15(8-19)23-18-16(25-29-26-18)17(24-27)22-14-4-10-2-3-12(20)5-13(10)14/h2-3,5,11,14-15,21,27H,4,6-9H2,1H3,(H,22,24)(H,23,26)/t11?,14?,15-,19?,30?/m1/s1. The van der Waals surface area contributed by atoms with E-state index in [1.807, 2.05) is 0 Å². The van der Waals surface area contributed by atoms with E-state index in [4.69, 9.17) is 9.41 Å². The van der Waals surface area contributed by atoms with E-state index in [0.29, 0.717) is 23.9 Å². The molecule has 11 heteroatoms. The Bertz CT molecular complexity index is 1130. The maximum Gasteiger partial charge on any atom is 0.202 e. The van der Waals surface area contributed by atoms with Crippen molar-refractivity contribution in [3.63, 3.8) is 0 Å². The minimum absolute atomic E-state index is 0.0426. The fourth-order valence-electron chi connectivity index (χ4n) is 5.39. The largest absolute Gasteiger partial charge is 0.409 e. The molecule has 0 spiro atoms. The number of hydrogen-bond donors (Lipinski definition) is 4. The molecule has 2 bridgehead atoms. The van der Waals surface area contributed by atoms with Crippen molar-refractivity contribution in [2.75, 3.05) is 17.3 Å². The fraction of sp³-hybridized carbons (Fsp3) is 0.526. The molecule has 1 aromatic carbocycles. The van der Waals surface area contributed by atoms with E-state index in [9.17, 15) is 13.8 Å². The van der Waals surface area contributed by atoms with Crippen LogP contribution in [0.4, 0.5) is 10.2 Å². The number of anilines is 1. The maximum atomic E-state index is 13.5. The van der Waals surface area contributed by atoms with Crippen molar-refractivity contribution >= 4 is 21.4 Å². The number of amidine groups is 1. The van der Waals surface area contributed by atoms with Gasteiger partial charge in [0.05, 0.1) is 6.04 Å². The highest BCUT2D eigenvalue weighted by atomic mass is 32.2. The van der Waals surface area contributed by atoms with Crippen molar-refractivity contribution in [1.82, 2.24) is 15.6 Å². The molecule has 0 saturated heterocycles. The average Bonchev–Trinajstić information content (AvgIpc) is 3.30. The summed E-state index contributed by atoms with van der Waals surface area (Å²) < 4.78 is 38.1. The Balaban J connectivity index is 1.28. The van der Waals surface area contributed by atoms with Crippen LogP contribution in [0.25, 0.3) is 0 Å². The Morgan fingerprint density at radius 1 is 1.43 bits per heavy atom. The molecule has 4 aliphatic rings. The molecule has 0 aliphatic heterocycles. The van der Waals surface area contributed by atoms with E-state index in [2.05, 4.69) is 26.1 Å². The van der Waals surface area contributed by atoms with Gasteiger partial charge in [-0.25, -0.2) is 9.02 Å². The smallest absolute Gasteiger partial charge is 0.202 e. The van der Waals surface area contributed by atoms with Crippen molar-refractivity contribution in [2.24, 2.45) is 16.5 Å². The summed E-state index contributed by atoms with van der Waals surface area (Å²) in [6.45, 7) is 0. The second kappa shape index (κ2) is 6.66. The van der Waals surface area contributed by atoms with Crippen LogP contribution in [-0.2, 0) is 16.1 Å². The first-order chi connectivity index (χ1) is 14.3. The molecule has 2 aromatic rings. The third-order valence-electron chi connectivity index (χ3n) is 6.55. The second-order valence-electron chi connectivity index (χ2n) is 8.93. The summed E-state index contributed by atoms with van der Waals surface area (Å²) in [5.74, 6) is 0.985. The predicted octanol–water partition coefficient (Wildman–Crippen LogP) is 2.49. The van der Waals surface area contributed by atoms with Crippen molar-refractivity contribution in [3.05, 3.63) is 40.8 Å². The van der Waals surface area contributed by atoms with Gasteiger partial charge >= 0.3 is 0 Å². The molecular weight excluding hydrogens is 411 g/mol. The van der Waals surface area contributed by atoms with Crippen molar-refractivity contribution in [3.8, 4) is 0 Å². The van der Waals surface area contributed by atoms with Gasteiger partial charge in [-0.15, -0.1) is 0 Å². The first-order valence-corrected chi connectivity index (χ1v) is 12.0. The van der Waals surface area contributed by atoms with Gasteiger partial charge in [-0.2, -0.15) is 0 Å². The quantitative estimate of drug-likeness (QED) is 0.237. The van der Waals surface area contributed by atoms with Crippen LogP contribution in [0.5, 0.6) is 0 Å². The number of rotatable bonds is 6. The van der Waals surface area contributed by atoms with Crippen LogP contribution in [0.15, 0.2) is 28.0 Å². The molecule has 160 valence electrons. The lowest BCUT2D eigenvalue weighted by Gasteiger charge is -2.38. The molecule has 1 heterocycles. The molecule has 30 heavy (non-hydrogen) atoms. The van der Waals surface area contributed by atoms with Gasteiger partial charge in [-0.05, 0) is 70.6 Å². The summed E-state index contributed by atoms with van der Waals surface area (Å²) >= 11 is 0. The highest BCUT2D eigenvalue weighted by Gasteiger charge is 2.56. The molecule has 4 N–H and O–H groups in total. The zero-order valence-corrected chi connectivity index (χ0v) is 17.2. The van der Waals surface area contributed by atoms with E-state index in [0.717, 1.165) is 30.4 Å². The normalized spacial score (nSPS) is 31.3. The van der Waals surface area contributed by atoms with Gasteiger partial charge in [0, 0.05) is 27.8 Å². The van der Waals surface area contributed by atoms with E-state index in [-0.39, 0.29) is 34.8 Å². The van der Waals surface area contributed by atoms with Crippen LogP contribution in [0, 0.1) is 21.9 Å². The van der Waals surface area contributed by atoms with Crippen LogP contribution in [0.1, 0.15) is 42.1 Å². The Hall–Kier alpha value is -2.69. The maximum absolute atomic E-state index is 13.5. The Labute approximate surface area is 173 Å². The third-order valence-corrected chi connectivity index (χ3v) is 7.71. The van der Waals surface area contributed by atoms with Crippen LogP contribution >= 0.6 is 0 Å². The van der Waals surface area contributed by atoms with Crippen LogP contribution in [0.3, 0.4) is 0 Å². The number of nitrogens with zero attached hydrogens (tertiary/aromatic N) is 3. The molecule has 0 radical (unpaired) electrons. The van der Waals surface area contributed by atoms with Crippen LogP contribution in [-0.4, -0.2) is 43.6 Å². The molecule has 3 fully saturated rings. The Kier molecular flexibility index (Phi) is 4.28. The lowest BCUT2D eigenvalue weighted by atomic mass is 9.71. The van der Waals surface area contributed by atoms with Crippen molar-refractivity contribution in [2.45, 2.75) is 37.8 Å². The summed E-state index contributed by atoms with van der Waals surface area (Å²) in [6.07, 6.45) is 4.87. The molecule has 0 amide bonds. The zero-order valence-electron chi connectivity index (χ0n) is 16.4. The number of hydrogen-bond acceptors (Lipinski definition) is 8. The number of benzene rings is 1. The van der Waals surface area contributed by atoms with E-state index < -0.39 is 9.73 Å². The number of oxime groups is 1. The number of aromatic nitrogens is 2. The minimum Gasteiger partial charge on any atom is -0.409 e. The molecular formula is C19H23FN6O3S. The summed E-state index contributed by atoms with van der Waals surface area (Å²) in [5.41, 5.74) is 2.07. The summed E-state index contributed by atoms with van der Waals surface area (Å²) in [4.78, 5) is 0. The van der Waals surface area contributed by atoms with Crippen molar-refractivity contribution < 1.29 is 18.4 Å². The SMILES string of the molecule is CS(=N)(=O)CC12CC(C1)[C@H](Nc1nonc1/C(=N\O)NC1Cc3ccc(F)cc31)C2. The molecule has 4 aliphatic carbocycles. The molecule has 9 nitrogen and oxygen atoms in total. The Morgan fingerprint density at radius 3 is 2.97 bits per heavy atom. The van der Waals surface area contributed by atoms with E-state index in [1.165, 1.54) is 18.4 Å². The molecule has 3 saturated carbocycles. The highest BCUT2D eigenvalue weighted by molar-refractivity contribution is 7.91. The molecule has 3 atom stereocenters. The monoisotopic (exact) mass is 434 g/mol. The van der Waals surface area contributed by atoms with Gasteiger partial charge in [0.1, 0.15) is 5.82 Å². The van der Waals surface area contributed by atoms with Crippen molar-refractivity contribution in [1.29, 1.82) is 4.78 Å². The minimum atomic E-state index is -2.54. The third kappa shape index (κ3) is 3.30. The average molecular weight is 434 g/mol. The van der Waals surface area contributed by atoms with Crippen LogP contribution in [0.2, 0.25) is 0 Å². The number of fused-ring (bicyclic) bond motifs is 2. The summed E-state index contributed by atoms with van der Waals surface area (Å²) in [6, 6.07) is 4.56. The molecule has 1 aromatic heterocycles. The second-order valence-corrected chi connectivity index (χ2v) is 11.2. The van der Waals surface area contributed by atoms with E-state index >= 15 is 0 Å². The van der Waals surface area contributed by atoms with Gasteiger partial charge in [0.15, 0.2) is 11.5 Å². The van der Waals surface area contributed by atoms with E-state index in [1.54, 1.807) is 6.07 Å². The van der Waals surface area contributed by atoms with Gasteiger partial charge < -0.3 is 15.8 Å². The fourth-order valence-corrected chi connectivity index (χ4v) is 6.92. The number of nitrogens with one attached hydrogen (secondary N) is 3. The first kappa shape index (κ1) is 19.3. The Morgan fingerprint density at radius 2 is 2.23 bits per heavy atom. The summed E-state index contributed by atoms with van der Waals surface area (Å²) in [7, 11) is -2.54. The summed E-state index contributed by atoms with van der Waals surface area (Å²) in [5, 5.41) is 27.1. The predicted molar refractivity (Wildman–Crippen MR) is 107 cm³/mol. The first-order valence-electron chi connectivity index (χ1n) is 9.83. The van der Waals surface area contributed by atoms with Gasteiger partial charge in [0.25, 0.3) is 0 Å². The number of halogens is 1. The molecule has 6 rings (SSSR count). The van der Waals surface area contributed by atoms with Gasteiger partial charge in [0.2, 0.25) is 5.82 Å². The van der Waals surface area contributed by atoms with Crippen LogP contribution < -0.4 is 10.6 Å². The topological polar surface area (TPSA) is 136 Å². The highest BCUT2D eigenvalue weighted by Crippen LogP contribution is 2.60. The van der Waals surface area contributed by atoms with Gasteiger partial charge in [-0.3, -0.25) is 8.99 Å². The zero-order chi connectivity index (χ0) is 21.1. The lowest BCUT2D eigenvalue weighted by molar-refractivity contribution is 0.174. The lowest BCUT2D eigenvalue weighted by Crippen LogP contribution is -2.37. The van der Waals surface area contributed by atoms with Gasteiger partial charge in [-0.1, -0.05) is 11.2 Å². The molecule has 2 unspecified atom stereocenters.